The molecule has 2 saturated heterocycles. The van der Waals surface area contributed by atoms with Gasteiger partial charge in [-0.2, -0.15) is 4.73 Å². The number of para-hydroxylation sites is 1. The second-order valence-electron chi connectivity index (χ2n) is 11.0. The van der Waals surface area contributed by atoms with Gasteiger partial charge in [0.15, 0.2) is 0 Å². The highest BCUT2D eigenvalue weighted by atomic mass is 16.6. The minimum atomic E-state index is -1.03. The number of rotatable bonds is 9. The molecule has 0 spiro atoms. The van der Waals surface area contributed by atoms with Gasteiger partial charge in [0.2, 0.25) is 23.6 Å². The number of nitrogens with zero attached hydrogens (tertiary/aromatic N) is 2. The first-order chi connectivity index (χ1) is 19.8. The van der Waals surface area contributed by atoms with Crippen molar-refractivity contribution >= 4 is 40.8 Å². The summed E-state index contributed by atoms with van der Waals surface area (Å²) in [4.78, 5) is 72.9. The lowest BCUT2D eigenvalue weighted by Crippen LogP contribution is -2.64. The summed E-state index contributed by atoms with van der Waals surface area (Å²) in [5.74, 6) is -1.85. The second-order valence-corrected chi connectivity index (χ2v) is 11.0. The van der Waals surface area contributed by atoms with Crippen LogP contribution in [0.4, 0.5) is 0 Å². The highest BCUT2D eigenvalue weighted by Gasteiger charge is 2.40. The van der Waals surface area contributed by atoms with E-state index in [-0.39, 0.29) is 37.0 Å². The molecule has 2 aliphatic rings. The molecule has 11 heteroatoms. The highest BCUT2D eigenvalue weighted by molar-refractivity contribution is 5.98. The first kappa shape index (κ1) is 30.1. The second kappa shape index (κ2) is 13.6. The molecule has 2 unspecified atom stereocenters. The Morgan fingerprint density at radius 2 is 1.76 bits per heavy atom. The number of hydrogen-bond donors (Lipinski definition) is 3. The molecule has 222 valence electrons. The summed E-state index contributed by atoms with van der Waals surface area (Å²) in [6, 6.07) is 4.03. The third-order valence-corrected chi connectivity index (χ3v) is 8.33. The van der Waals surface area contributed by atoms with Gasteiger partial charge in [0, 0.05) is 31.0 Å². The maximum atomic E-state index is 13.9. The lowest BCUT2D eigenvalue weighted by Gasteiger charge is -2.39. The Morgan fingerprint density at radius 1 is 1.02 bits per heavy atom. The SMILES string of the molecule is CCC(C)[C@@H]1NC(=O)[C@H](Cc2cn(OC)c3ccccc23)NC(=O)[C@H](CCCC=O)NC(=O)C2CCCCN2C1=O. The van der Waals surface area contributed by atoms with Crippen LogP contribution >= 0.6 is 0 Å². The van der Waals surface area contributed by atoms with E-state index in [0.717, 1.165) is 35.6 Å². The molecule has 5 atom stereocenters. The van der Waals surface area contributed by atoms with Crippen molar-refractivity contribution < 1.29 is 28.8 Å². The molecule has 0 radical (unpaired) electrons. The number of carbonyl (C=O) groups is 5. The van der Waals surface area contributed by atoms with Crippen LogP contribution in [0.25, 0.3) is 10.9 Å². The highest BCUT2D eigenvalue weighted by Crippen LogP contribution is 2.24. The topological polar surface area (TPSA) is 139 Å². The van der Waals surface area contributed by atoms with Crippen molar-refractivity contribution in [3.63, 3.8) is 0 Å². The fraction of sp³-hybridized carbons (Fsp3) is 0.567. The molecule has 0 bridgehead atoms. The Hall–Kier alpha value is -3.89. The standard InChI is InChI=1S/C30H41N5O6/c1-4-19(2)26-30(40)34-15-9-7-14-25(34)29(39)31-22(12-8-10-16-36)27(37)32-23(28(38)33-26)17-20-18-35(41-3)24-13-6-5-11-21(20)24/h5-6,11,13,16,18-19,22-23,25-26H,4,7-10,12,14-15,17H2,1-3H3,(H,31,39)(H,32,37)(H,33,38)/t19?,22-,23-,25?,26-/m0/s1. The van der Waals surface area contributed by atoms with E-state index in [0.29, 0.717) is 25.8 Å². The van der Waals surface area contributed by atoms with Crippen molar-refractivity contribution in [2.75, 3.05) is 13.7 Å². The van der Waals surface area contributed by atoms with Gasteiger partial charge >= 0.3 is 0 Å². The zero-order valence-electron chi connectivity index (χ0n) is 24.1. The van der Waals surface area contributed by atoms with Crippen molar-refractivity contribution in [2.24, 2.45) is 5.92 Å². The predicted molar refractivity (Wildman–Crippen MR) is 153 cm³/mol. The molecule has 1 aromatic carbocycles. The average Bonchev–Trinajstić information content (AvgIpc) is 3.35. The fourth-order valence-corrected chi connectivity index (χ4v) is 5.76. The summed E-state index contributed by atoms with van der Waals surface area (Å²) in [6.07, 6.45) is 6.20. The van der Waals surface area contributed by atoms with E-state index in [4.69, 9.17) is 4.84 Å². The van der Waals surface area contributed by atoms with Crippen LogP contribution in [-0.2, 0) is 30.4 Å². The zero-order chi connectivity index (χ0) is 29.5. The molecule has 2 aliphatic heterocycles. The van der Waals surface area contributed by atoms with Gasteiger partial charge in [0.25, 0.3) is 0 Å². The normalized spacial score (nSPS) is 24.8. The van der Waals surface area contributed by atoms with Crippen molar-refractivity contribution in [3.05, 3.63) is 36.0 Å². The molecule has 0 saturated carbocycles. The van der Waals surface area contributed by atoms with Gasteiger partial charge in [-0.25, -0.2) is 0 Å². The third-order valence-electron chi connectivity index (χ3n) is 8.33. The van der Waals surface area contributed by atoms with Gasteiger partial charge in [-0.05, 0) is 49.7 Å². The number of unbranched alkanes of at least 4 members (excludes halogenated alkanes) is 1. The molecule has 3 N–H and O–H groups in total. The van der Waals surface area contributed by atoms with Gasteiger partial charge in [0.05, 0.1) is 5.52 Å². The molecule has 2 fully saturated rings. The van der Waals surface area contributed by atoms with E-state index >= 15 is 0 Å². The number of piperidine rings is 1. The van der Waals surface area contributed by atoms with Crippen LogP contribution in [0.3, 0.4) is 0 Å². The molecule has 0 aliphatic carbocycles. The number of amides is 4. The van der Waals surface area contributed by atoms with Gasteiger partial charge in [-0.3, -0.25) is 19.2 Å². The maximum absolute atomic E-state index is 13.9. The Balaban J connectivity index is 1.73. The first-order valence-electron chi connectivity index (χ1n) is 14.6. The zero-order valence-corrected chi connectivity index (χ0v) is 24.1. The molecule has 4 rings (SSSR count). The monoisotopic (exact) mass is 567 g/mol. The van der Waals surface area contributed by atoms with Crippen molar-refractivity contribution in [1.82, 2.24) is 25.6 Å². The Kier molecular flexibility index (Phi) is 10.0. The van der Waals surface area contributed by atoms with Crippen LogP contribution in [0.15, 0.2) is 30.5 Å². The quantitative estimate of drug-likeness (QED) is 0.310. The van der Waals surface area contributed by atoms with Crippen LogP contribution in [0.1, 0.15) is 64.4 Å². The minimum absolute atomic E-state index is 0.136. The van der Waals surface area contributed by atoms with E-state index in [1.54, 1.807) is 22.9 Å². The van der Waals surface area contributed by atoms with Gasteiger partial charge in [0.1, 0.15) is 37.6 Å². The number of hydrogen-bond acceptors (Lipinski definition) is 6. The lowest BCUT2D eigenvalue weighted by molar-refractivity contribution is -0.147. The van der Waals surface area contributed by atoms with E-state index in [9.17, 15) is 24.0 Å². The number of nitrogens with one attached hydrogen (secondary N) is 3. The van der Waals surface area contributed by atoms with Gasteiger partial charge in [-0.15, -0.1) is 0 Å². The summed E-state index contributed by atoms with van der Waals surface area (Å²) in [6.45, 7) is 4.25. The molecule has 41 heavy (non-hydrogen) atoms. The number of benzene rings is 1. The Morgan fingerprint density at radius 3 is 2.49 bits per heavy atom. The van der Waals surface area contributed by atoms with Crippen LogP contribution in [0, 0.1) is 5.92 Å². The molecule has 3 heterocycles. The van der Waals surface area contributed by atoms with Crippen LogP contribution in [0.5, 0.6) is 0 Å². The number of aromatic nitrogens is 1. The summed E-state index contributed by atoms with van der Waals surface area (Å²) in [7, 11) is 1.55. The first-order valence-corrected chi connectivity index (χ1v) is 14.6. The lowest BCUT2D eigenvalue weighted by atomic mass is 9.93. The summed E-state index contributed by atoms with van der Waals surface area (Å²) >= 11 is 0. The van der Waals surface area contributed by atoms with E-state index in [2.05, 4.69) is 16.0 Å². The molecule has 11 nitrogen and oxygen atoms in total. The summed E-state index contributed by atoms with van der Waals surface area (Å²) in [5, 5.41) is 9.52. The predicted octanol–water partition coefficient (Wildman–Crippen LogP) is 1.51. The van der Waals surface area contributed by atoms with Crippen molar-refractivity contribution in [2.45, 2.75) is 89.4 Å². The maximum Gasteiger partial charge on any atom is 0.246 e. The molecule has 2 aromatic rings. The largest absolute Gasteiger partial charge is 0.417 e. The van der Waals surface area contributed by atoms with Crippen LogP contribution < -0.4 is 20.8 Å². The molecule has 1 aromatic heterocycles. The van der Waals surface area contributed by atoms with Crippen LogP contribution in [0.2, 0.25) is 0 Å². The van der Waals surface area contributed by atoms with Gasteiger partial charge in [-0.1, -0.05) is 38.5 Å². The average molecular weight is 568 g/mol. The number of fused-ring (bicyclic) bond motifs is 2. The van der Waals surface area contributed by atoms with Crippen molar-refractivity contribution in [1.29, 1.82) is 0 Å². The number of carbonyl (C=O) groups excluding carboxylic acids is 5. The van der Waals surface area contributed by atoms with E-state index < -0.39 is 36.0 Å². The smallest absolute Gasteiger partial charge is 0.246 e. The molecular formula is C30H41N5O6. The third kappa shape index (κ3) is 6.71. The number of aldehydes is 1. The van der Waals surface area contributed by atoms with Gasteiger partial charge < -0.3 is 30.5 Å². The summed E-state index contributed by atoms with van der Waals surface area (Å²) in [5.41, 5.74) is 1.59. The van der Waals surface area contributed by atoms with E-state index in [1.807, 2.05) is 38.1 Å². The Labute approximate surface area is 240 Å². The van der Waals surface area contributed by atoms with Crippen LogP contribution in [-0.4, -0.2) is 77.4 Å². The van der Waals surface area contributed by atoms with E-state index in [1.165, 1.54) is 0 Å². The fourth-order valence-electron chi connectivity index (χ4n) is 5.76. The summed E-state index contributed by atoms with van der Waals surface area (Å²) < 4.78 is 1.60. The Bertz CT molecular complexity index is 1280. The molecular weight excluding hydrogens is 526 g/mol. The molecule has 4 amide bonds. The van der Waals surface area contributed by atoms with Crippen molar-refractivity contribution in [3.8, 4) is 0 Å². The minimum Gasteiger partial charge on any atom is -0.417 e.